The molecule has 2 atom stereocenters. The van der Waals surface area contributed by atoms with Gasteiger partial charge >= 0.3 is 6.09 Å². The summed E-state index contributed by atoms with van der Waals surface area (Å²) in [5.41, 5.74) is 0. The molecule has 0 radical (unpaired) electrons. The van der Waals surface area contributed by atoms with Crippen LogP contribution < -0.4 is 0 Å². The van der Waals surface area contributed by atoms with Crippen LogP contribution in [-0.4, -0.2) is 30.2 Å². The number of methoxy groups -OCH3 is 1. The molecule has 0 spiro atoms. The molecule has 20 heavy (non-hydrogen) atoms. The van der Waals surface area contributed by atoms with Crippen LogP contribution in [0.3, 0.4) is 0 Å². The first-order chi connectivity index (χ1) is 9.74. The van der Waals surface area contributed by atoms with E-state index in [1.54, 1.807) is 0 Å². The van der Waals surface area contributed by atoms with E-state index < -0.39 is 0 Å². The summed E-state index contributed by atoms with van der Waals surface area (Å²) in [6.45, 7) is 4.32. The van der Waals surface area contributed by atoms with Crippen LogP contribution in [0, 0.1) is 11.8 Å². The molecule has 0 saturated carbocycles. The average molecular weight is 279 g/mol. The zero-order valence-electron chi connectivity index (χ0n) is 13.3. The topological polar surface area (TPSA) is 29.5 Å². The summed E-state index contributed by atoms with van der Waals surface area (Å²) in [5, 5.41) is 0. The highest BCUT2D eigenvalue weighted by Crippen LogP contribution is 2.29. The van der Waals surface area contributed by atoms with Gasteiger partial charge in [0.2, 0.25) is 0 Å². The molecule has 3 nitrogen and oxygen atoms in total. The van der Waals surface area contributed by atoms with E-state index in [2.05, 4.69) is 25.7 Å². The van der Waals surface area contributed by atoms with Gasteiger partial charge in [0.05, 0.1) is 7.11 Å². The van der Waals surface area contributed by atoms with E-state index in [4.69, 9.17) is 4.74 Å². The maximum absolute atomic E-state index is 12.1. The molecule has 0 bridgehead atoms. The number of likely N-dealkylation sites (tertiary alicyclic amines) is 1. The fourth-order valence-electron chi connectivity index (χ4n) is 3.01. The molecule has 1 heterocycles. The second kappa shape index (κ2) is 9.69. The molecule has 0 aromatic rings. The van der Waals surface area contributed by atoms with Gasteiger partial charge in [-0.1, -0.05) is 20.3 Å². The van der Waals surface area contributed by atoms with Crippen molar-refractivity contribution in [2.45, 2.75) is 83.7 Å². The molecule has 0 N–H and O–H groups in total. The first-order valence-corrected chi connectivity index (χ1v) is 8.06. The Morgan fingerprint density at radius 2 is 1.75 bits per heavy atom. The largest absolute Gasteiger partial charge is 0.453 e. The number of unbranched alkanes of at least 4 members (excludes halogenated alkanes) is 1. The molecule has 1 aliphatic rings. The number of hydrogen-bond acceptors (Lipinski definition) is 2. The average Bonchev–Trinajstić information content (AvgIpc) is 2.47. The standard InChI is InChI=1S/C17H29NO2/c1-4-6-7-8-9-12-16-14-10-13-15(11-5-2)18(16)17(19)20-3/h15-16H,4-6,9-14H2,1-3H3/t15-,16+/m1/s1. The van der Waals surface area contributed by atoms with Gasteiger partial charge in [0.1, 0.15) is 0 Å². The molecule has 1 rings (SSSR count). The van der Waals surface area contributed by atoms with E-state index in [1.165, 1.54) is 13.5 Å². The molecular weight excluding hydrogens is 250 g/mol. The number of carbonyl (C=O) groups is 1. The highest BCUT2D eigenvalue weighted by molar-refractivity contribution is 5.68. The highest BCUT2D eigenvalue weighted by atomic mass is 16.5. The minimum Gasteiger partial charge on any atom is -0.453 e. The van der Waals surface area contributed by atoms with Crippen LogP contribution in [0.1, 0.15) is 71.6 Å². The van der Waals surface area contributed by atoms with Crippen LogP contribution in [0.5, 0.6) is 0 Å². The number of nitrogens with zero attached hydrogens (tertiary/aromatic N) is 1. The summed E-state index contributed by atoms with van der Waals surface area (Å²) in [4.78, 5) is 14.1. The minimum absolute atomic E-state index is 0.158. The van der Waals surface area contributed by atoms with Crippen LogP contribution >= 0.6 is 0 Å². The number of carbonyl (C=O) groups excluding carboxylic acids is 1. The lowest BCUT2D eigenvalue weighted by atomic mass is 9.91. The second-order valence-corrected chi connectivity index (χ2v) is 5.55. The minimum atomic E-state index is -0.158. The summed E-state index contributed by atoms with van der Waals surface area (Å²) in [5.74, 6) is 6.41. The smallest absolute Gasteiger partial charge is 0.409 e. The maximum atomic E-state index is 12.1. The molecule has 114 valence electrons. The van der Waals surface area contributed by atoms with Gasteiger partial charge in [-0.3, -0.25) is 0 Å². The Labute approximate surface area is 124 Å². The van der Waals surface area contributed by atoms with Crippen molar-refractivity contribution in [3.05, 3.63) is 0 Å². The summed E-state index contributed by atoms with van der Waals surface area (Å²) in [7, 11) is 1.48. The first kappa shape index (κ1) is 16.9. The SMILES string of the molecule is CCCC#CCC[C@H]1CCC[C@@H](CCC)N1C(=O)OC. The highest BCUT2D eigenvalue weighted by Gasteiger charge is 2.33. The van der Waals surface area contributed by atoms with Gasteiger partial charge in [-0.15, -0.1) is 11.8 Å². The van der Waals surface area contributed by atoms with Crippen molar-refractivity contribution >= 4 is 6.09 Å². The van der Waals surface area contributed by atoms with Crippen molar-refractivity contribution in [2.24, 2.45) is 0 Å². The number of amides is 1. The Morgan fingerprint density at radius 3 is 2.35 bits per heavy atom. The van der Waals surface area contributed by atoms with Crippen LogP contribution in [-0.2, 0) is 4.74 Å². The van der Waals surface area contributed by atoms with Crippen molar-refractivity contribution < 1.29 is 9.53 Å². The van der Waals surface area contributed by atoms with Gasteiger partial charge in [-0.2, -0.15) is 0 Å². The molecule has 0 unspecified atom stereocenters. The van der Waals surface area contributed by atoms with Crippen LogP contribution in [0.25, 0.3) is 0 Å². The zero-order chi connectivity index (χ0) is 14.8. The molecule has 0 aromatic heterocycles. The van der Waals surface area contributed by atoms with E-state index in [1.807, 2.05) is 4.90 Å². The number of piperidine rings is 1. The third kappa shape index (κ3) is 5.07. The quantitative estimate of drug-likeness (QED) is 0.700. The van der Waals surface area contributed by atoms with Gasteiger partial charge < -0.3 is 9.64 Å². The van der Waals surface area contributed by atoms with Gasteiger partial charge in [0, 0.05) is 24.9 Å². The number of ether oxygens (including phenoxy) is 1. The third-order valence-corrected chi connectivity index (χ3v) is 3.97. The van der Waals surface area contributed by atoms with E-state index in [0.29, 0.717) is 12.1 Å². The normalized spacial score (nSPS) is 22.1. The Hall–Kier alpha value is -1.17. The molecule has 1 saturated heterocycles. The maximum Gasteiger partial charge on any atom is 0.409 e. The molecule has 1 aliphatic heterocycles. The van der Waals surface area contributed by atoms with Crippen molar-refractivity contribution in [3.63, 3.8) is 0 Å². The fraction of sp³-hybridized carbons (Fsp3) is 0.824. The monoisotopic (exact) mass is 279 g/mol. The van der Waals surface area contributed by atoms with Crippen molar-refractivity contribution in [1.82, 2.24) is 4.90 Å². The molecule has 0 aromatic carbocycles. The molecular formula is C17H29NO2. The second-order valence-electron chi connectivity index (χ2n) is 5.55. The molecule has 1 fully saturated rings. The van der Waals surface area contributed by atoms with E-state index in [0.717, 1.165) is 51.4 Å². The van der Waals surface area contributed by atoms with Gasteiger partial charge in [0.25, 0.3) is 0 Å². The van der Waals surface area contributed by atoms with E-state index in [9.17, 15) is 4.79 Å². The van der Waals surface area contributed by atoms with Crippen LogP contribution in [0.2, 0.25) is 0 Å². The Morgan fingerprint density at radius 1 is 1.10 bits per heavy atom. The predicted octanol–water partition coefficient (Wildman–Crippen LogP) is 4.36. The van der Waals surface area contributed by atoms with Crippen molar-refractivity contribution in [2.75, 3.05) is 7.11 Å². The van der Waals surface area contributed by atoms with Crippen molar-refractivity contribution in [3.8, 4) is 11.8 Å². The number of hydrogen-bond donors (Lipinski definition) is 0. The third-order valence-electron chi connectivity index (χ3n) is 3.97. The van der Waals surface area contributed by atoms with Gasteiger partial charge in [-0.25, -0.2) is 4.79 Å². The van der Waals surface area contributed by atoms with Crippen LogP contribution in [0.15, 0.2) is 0 Å². The lowest BCUT2D eigenvalue weighted by Crippen LogP contribution is -2.50. The van der Waals surface area contributed by atoms with Gasteiger partial charge in [-0.05, 0) is 38.5 Å². The summed E-state index contributed by atoms with van der Waals surface area (Å²) in [6.07, 6.45) is 9.40. The number of rotatable bonds is 5. The lowest BCUT2D eigenvalue weighted by Gasteiger charge is -2.41. The summed E-state index contributed by atoms with van der Waals surface area (Å²) in [6, 6.07) is 0.665. The Balaban J connectivity index is 2.60. The first-order valence-electron chi connectivity index (χ1n) is 8.06. The predicted molar refractivity (Wildman–Crippen MR) is 82.5 cm³/mol. The zero-order valence-corrected chi connectivity index (χ0v) is 13.3. The summed E-state index contributed by atoms with van der Waals surface area (Å²) >= 11 is 0. The van der Waals surface area contributed by atoms with E-state index >= 15 is 0 Å². The van der Waals surface area contributed by atoms with Gasteiger partial charge in [0.15, 0.2) is 0 Å². The summed E-state index contributed by atoms with van der Waals surface area (Å²) < 4.78 is 4.99. The van der Waals surface area contributed by atoms with E-state index in [-0.39, 0.29) is 6.09 Å². The molecule has 0 aliphatic carbocycles. The van der Waals surface area contributed by atoms with Crippen molar-refractivity contribution in [1.29, 1.82) is 0 Å². The van der Waals surface area contributed by atoms with Crippen LogP contribution in [0.4, 0.5) is 4.79 Å². The Bertz CT molecular complexity index is 341. The lowest BCUT2D eigenvalue weighted by molar-refractivity contribution is 0.0527. The molecule has 3 heteroatoms. The Kier molecular flexibility index (Phi) is 8.18. The molecule has 1 amide bonds. The fourth-order valence-corrected chi connectivity index (χ4v) is 3.01.